The maximum absolute atomic E-state index is 5.41. The molecule has 0 radical (unpaired) electrons. The number of rotatable bonds is 4. The van der Waals surface area contributed by atoms with E-state index in [0.717, 1.165) is 31.0 Å². The molecular weight excluding hydrogens is 300 g/mol. The van der Waals surface area contributed by atoms with Gasteiger partial charge in [0.1, 0.15) is 0 Å². The van der Waals surface area contributed by atoms with E-state index in [0.29, 0.717) is 5.92 Å². The fourth-order valence-corrected chi connectivity index (χ4v) is 3.53. The molecule has 0 bridgehead atoms. The highest BCUT2D eigenvalue weighted by Crippen LogP contribution is 2.27. The van der Waals surface area contributed by atoms with E-state index in [9.17, 15) is 0 Å². The Morgan fingerprint density at radius 3 is 3.04 bits per heavy atom. The van der Waals surface area contributed by atoms with Crippen molar-refractivity contribution in [3.8, 4) is 11.3 Å². The Bertz CT molecular complexity index is 793. The van der Waals surface area contributed by atoms with Crippen LogP contribution in [-0.4, -0.2) is 32.8 Å². The first-order valence-corrected chi connectivity index (χ1v) is 8.47. The van der Waals surface area contributed by atoms with Gasteiger partial charge in [-0.3, -0.25) is 9.58 Å². The molecule has 24 heavy (non-hydrogen) atoms. The summed E-state index contributed by atoms with van der Waals surface area (Å²) in [4.78, 5) is 6.53. The summed E-state index contributed by atoms with van der Waals surface area (Å²) >= 11 is 0. The predicted molar refractivity (Wildman–Crippen MR) is 92.4 cm³/mol. The molecule has 5 heteroatoms. The molecule has 1 aliphatic rings. The second kappa shape index (κ2) is 6.61. The quantitative estimate of drug-likeness (QED) is 0.738. The van der Waals surface area contributed by atoms with Crippen molar-refractivity contribution >= 4 is 0 Å². The summed E-state index contributed by atoms with van der Waals surface area (Å²) in [5.41, 5.74) is 3.62. The minimum absolute atomic E-state index is 0.539. The standard InChI is InChI=1S/C19H22N4O/c1-22-9-7-18(21-22)17-6-3-8-23(13-17)12-15-4-2-5-16(10-15)19-11-20-14-24-19/h2,4-5,7,9-11,14,17H,3,6,8,12-13H2,1H3. The highest BCUT2D eigenvalue weighted by molar-refractivity contribution is 5.57. The zero-order chi connectivity index (χ0) is 16.4. The van der Waals surface area contributed by atoms with Crippen molar-refractivity contribution in [1.82, 2.24) is 19.7 Å². The summed E-state index contributed by atoms with van der Waals surface area (Å²) in [6.45, 7) is 3.19. The Hall–Kier alpha value is -2.40. The van der Waals surface area contributed by atoms with E-state index in [1.54, 1.807) is 6.20 Å². The first-order valence-electron chi connectivity index (χ1n) is 8.47. The van der Waals surface area contributed by atoms with E-state index in [4.69, 9.17) is 4.42 Å². The number of aryl methyl sites for hydroxylation is 1. The highest BCUT2D eigenvalue weighted by Gasteiger charge is 2.23. The Labute approximate surface area is 141 Å². The molecule has 0 spiro atoms. The van der Waals surface area contributed by atoms with Crippen molar-refractivity contribution in [3.63, 3.8) is 0 Å². The number of likely N-dealkylation sites (tertiary alicyclic amines) is 1. The number of hydrogen-bond acceptors (Lipinski definition) is 4. The van der Waals surface area contributed by atoms with Crippen LogP contribution < -0.4 is 0 Å². The Balaban J connectivity index is 1.46. The van der Waals surface area contributed by atoms with Gasteiger partial charge in [0.05, 0.1) is 11.9 Å². The molecule has 124 valence electrons. The van der Waals surface area contributed by atoms with Gasteiger partial charge in [-0.15, -0.1) is 0 Å². The fourth-order valence-electron chi connectivity index (χ4n) is 3.53. The van der Waals surface area contributed by atoms with Crippen LogP contribution in [0.15, 0.2) is 53.5 Å². The SMILES string of the molecule is Cn1ccc(C2CCCN(Cc3cccc(-c4cnco4)c3)C2)n1. The van der Waals surface area contributed by atoms with Crippen LogP contribution in [0.25, 0.3) is 11.3 Å². The van der Waals surface area contributed by atoms with Gasteiger partial charge in [-0.25, -0.2) is 4.98 Å². The molecule has 3 heterocycles. The van der Waals surface area contributed by atoms with Crippen molar-refractivity contribution in [3.05, 3.63) is 60.4 Å². The molecule has 2 aromatic heterocycles. The maximum atomic E-state index is 5.41. The van der Waals surface area contributed by atoms with Crippen LogP contribution in [0.1, 0.15) is 30.0 Å². The highest BCUT2D eigenvalue weighted by atomic mass is 16.3. The van der Waals surface area contributed by atoms with E-state index in [1.807, 2.05) is 17.9 Å². The normalized spacial score (nSPS) is 18.8. The lowest BCUT2D eigenvalue weighted by atomic mass is 9.94. The number of oxazole rings is 1. The molecule has 0 aliphatic carbocycles. The van der Waals surface area contributed by atoms with Crippen molar-refractivity contribution < 1.29 is 4.42 Å². The maximum Gasteiger partial charge on any atom is 0.181 e. The summed E-state index contributed by atoms with van der Waals surface area (Å²) in [6.07, 6.45) is 7.73. The summed E-state index contributed by atoms with van der Waals surface area (Å²) in [5.74, 6) is 1.36. The second-order valence-electron chi connectivity index (χ2n) is 6.55. The molecule has 0 amide bonds. The van der Waals surface area contributed by atoms with Crippen molar-refractivity contribution in [2.45, 2.75) is 25.3 Å². The molecule has 1 atom stereocenters. The third kappa shape index (κ3) is 3.26. The summed E-state index contributed by atoms with van der Waals surface area (Å²) in [6, 6.07) is 10.7. The van der Waals surface area contributed by atoms with Gasteiger partial charge in [0.25, 0.3) is 0 Å². The monoisotopic (exact) mass is 322 g/mol. The van der Waals surface area contributed by atoms with E-state index >= 15 is 0 Å². The molecule has 1 fully saturated rings. The molecule has 4 rings (SSSR count). The lowest BCUT2D eigenvalue weighted by Gasteiger charge is -2.32. The third-order valence-electron chi connectivity index (χ3n) is 4.71. The Morgan fingerprint density at radius 2 is 2.25 bits per heavy atom. The van der Waals surface area contributed by atoms with E-state index in [1.165, 1.54) is 30.5 Å². The molecule has 0 N–H and O–H groups in total. The van der Waals surface area contributed by atoms with Crippen molar-refractivity contribution in [2.75, 3.05) is 13.1 Å². The fraction of sp³-hybridized carbons (Fsp3) is 0.368. The average molecular weight is 322 g/mol. The van der Waals surface area contributed by atoms with Gasteiger partial charge in [0, 0.05) is 37.8 Å². The second-order valence-corrected chi connectivity index (χ2v) is 6.55. The lowest BCUT2D eigenvalue weighted by molar-refractivity contribution is 0.198. The summed E-state index contributed by atoms with van der Waals surface area (Å²) in [5, 5.41) is 4.59. The topological polar surface area (TPSA) is 47.1 Å². The van der Waals surface area contributed by atoms with Crippen LogP contribution in [0.3, 0.4) is 0 Å². The summed E-state index contributed by atoms with van der Waals surface area (Å²) < 4.78 is 7.30. The Morgan fingerprint density at radius 1 is 1.29 bits per heavy atom. The predicted octanol–water partition coefficient (Wildman–Crippen LogP) is 3.45. The van der Waals surface area contributed by atoms with Gasteiger partial charge >= 0.3 is 0 Å². The number of benzene rings is 1. The van der Waals surface area contributed by atoms with Gasteiger partial charge in [0.15, 0.2) is 12.2 Å². The zero-order valence-corrected chi connectivity index (χ0v) is 13.9. The number of piperidine rings is 1. The molecule has 1 saturated heterocycles. The van der Waals surface area contributed by atoms with Crippen LogP contribution in [0.5, 0.6) is 0 Å². The largest absolute Gasteiger partial charge is 0.444 e. The van der Waals surface area contributed by atoms with Gasteiger partial charge < -0.3 is 4.42 Å². The first kappa shape index (κ1) is 15.1. The molecule has 5 nitrogen and oxygen atoms in total. The average Bonchev–Trinajstić information content (AvgIpc) is 3.27. The zero-order valence-electron chi connectivity index (χ0n) is 13.9. The van der Waals surface area contributed by atoms with Crippen LogP contribution in [0, 0.1) is 0 Å². The minimum atomic E-state index is 0.539. The number of hydrogen-bond donors (Lipinski definition) is 0. The molecule has 0 saturated carbocycles. The van der Waals surface area contributed by atoms with Crippen LogP contribution in [0.4, 0.5) is 0 Å². The smallest absolute Gasteiger partial charge is 0.181 e. The molecular formula is C19H22N4O. The van der Waals surface area contributed by atoms with E-state index in [-0.39, 0.29) is 0 Å². The van der Waals surface area contributed by atoms with Crippen molar-refractivity contribution in [2.24, 2.45) is 7.05 Å². The van der Waals surface area contributed by atoms with E-state index in [2.05, 4.69) is 45.3 Å². The van der Waals surface area contributed by atoms with Crippen molar-refractivity contribution in [1.29, 1.82) is 0 Å². The number of aromatic nitrogens is 3. The molecule has 1 aromatic carbocycles. The molecule has 1 aliphatic heterocycles. The third-order valence-corrected chi connectivity index (χ3v) is 4.71. The van der Waals surface area contributed by atoms with Gasteiger partial charge in [-0.1, -0.05) is 18.2 Å². The molecule has 1 unspecified atom stereocenters. The molecule has 3 aromatic rings. The van der Waals surface area contributed by atoms with E-state index < -0.39 is 0 Å². The minimum Gasteiger partial charge on any atom is -0.444 e. The van der Waals surface area contributed by atoms with Gasteiger partial charge in [0.2, 0.25) is 0 Å². The van der Waals surface area contributed by atoms with Crippen LogP contribution in [-0.2, 0) is 13.6 Å². The summed E-state index contributed by atoms with van der Waals surface area (Å²) in [7, 11) is 1.99. The van der Waals surface area contributed by atoms with Gasteiger partial charge in [-0.2, -0.15) is 5.10 Å². The lowest BCUT2D eigenvalue weighted by Crippen LogP contribution is -2.34. The Kier molecular flexibility index (Phi) is 4.17. The van der Waals surface area contributed by atoms with Crippen LogP contribution in [0.2, 0.25) is 0 Å². The van der Waals surface area contributed by atoms with Crippen LogP contribution >= 0.6 is 0 Å². The number of nitrogens with zero attached hydrogens (tertiary/aromatic N) is 4. The van der Waals surface area contributed by atoms with Gasteiger partial charge in [-0.05, 0) is 37.1 Å². The first-order chi connectivity index (χ1) is 11.8.